The second kappa shape index (κ2) is 32.4. The number of amides is 3. The van der Waals surface area contributed by atoms with Gasteiger partial charge in [-0.05, 0) is 131 Å². The van der Waals surface area contributed by atoms with E-state index >= 15 is 0 Å². The molecule has 0 bridgehead atoms. The third-order valence-corrected chi connectivity index (χ3v) is 17.3. The summed E-state index contributed by atoms with van der Waals surface area (Å²) in [4.78, 5) is 74.6. The van der Waals surface area contributed by atoms with Gasteiger partial charge in [0, 0.05) is 86.1 Å². The summed E-state index contributed by atoms with van der Waals surface area (Å²) in [6.07, 6.45) is 20.2. The van der Waals surface area contributed by atoms with Gasteiger partial charge in [0.25, 0.3) is 10.1 Å². The Balaban J connectivity index is 1.10. The number of nitrogens with one attached hydrogen (secondary N) is 3. The van der Waals surface area contributed by atoms with Gasteiger partial charge in [0.2, 0.25) is 11.6 Å². The molecule has 0 saturated heterocycles. The summed E-state index contributed by atoms with van der Waals surface area (Å²) < 4.78 is 42.2. The van der Waals surface area contributed by atoms with Crippen LogP contribution in [0.4, 0.5) is 16.2 Å². The smallest absolute Gasteiger partial charge is 0.326 e. The van der Waals surface area contributed by atoms with Gasteiger partial charge in [0.05, 0.1) is 11.2 Å². The fourth-order valence-electron chi connectivity index (χ4n) is 11.7. The van der Waals surface area contributed by atoms with Crippen molar-refractivity contribution >= 4 is 62.8 Å². The number of carboxylic acids is 3. The van der Waals surface area contributed by atoms with E-state index < -0.39 is 46.1 Å². The summed E-state index contributed by atoms with van der Waals surface area (Å²) in [5.74, 6) is -2.88. The number of allylic oxidation sites excluding steroid dienone is 7. The van der Waals surface area contributed by atoms with Crippen LogP contribution in [-0.2, 0) is 51.3 Å². The lowest BCUT2D eigenvalue weighted by atomic mass is 9.81. The van der Waals surface area contributed by atoms with E-state index in [9.17, 15) is 52.0 Å². The van der Waals surface area contributed by atoms with E-state index in [1.165, 1.54) is 22.5 Å². The molecule has 0 radical (unpaired) electrons. The molecule has 3 amide bonds. The number of ether oxygens (including phenoxy) is 1. The zero-order valence-electron chi connectivity index (χ0n) is 50.8. The lowest BCUT2D eigenvalue weighted by Gasteiger charge is -2.27. The molecule has 19 heteroatoms. The summed E-state index contributed by atoms with van der Waals surface area (Å²) in [7, 11) is -4.09. The standard InChI is InChI=1S/C67H89N5O13S/c1-6-7-18-43-71-56-28-16-14-26-52(56)66(2,3)58(71)40-34-48-23-21-24-49(35-41-59-67(4,5)53-27-15-17-29-57(53)72(59)44-19-20-45-86(82,83)84)62(48)85-51-37-32-47(33-38-51)46-55(64(79)80)69-60(74)30-13-11-9-8-10-12-25-50(73)36-39-54(63(77)78)70-65(81)68-42-22-31-61(75)76/h14-17,26-29,32-35,37-38,40-41,54-55H,6-13,18-25,30-31,36,39,42-46H2,1-5H3,(H6-,68,69,70,74,75,76,77,78,79,80,81,82,83,84)/p+1/t54-,55+/m1/s1. The zero-order valence-corrected chi connectivity index (χ0v) is 51.7. The summed E-state index contributed by atoms with van der Waals surface area (Å²) in [6, 6.07) is 21.1. The first kappa shape index (κ1) is 67.7. The molecule has 86 heavy (non-hydrogen) atoms. The van der Waals surface area contributed by atoms with Crippen molar-refractivity contribution in [3.63, 3.8) is 0 Å². The quantitative estimate of drug-likeness (QED) is 0.0162. The van der Waals surface area contributed by atoms with Crippen LogP contribution in [0.5, 0.6) is 5.75 Å². The van der Waals surface area contributed by atoms with Gasteiger partial charge in [-0.25, -0.2) is 14.4 Å². The number of unbranched alkanes of at least 4 members (excludes halogenated alkanes) is 8. The van der Waals surface area contributed by atoms with Crippen LogP contribution in [0.2, 0.25) is 0 Å². The number of benzene rings is 3. The molecule has 2 heterocycles. The number of carbonyl (C=O) groups is 6. The van der Waals surface area contributed by atoms with Crippen molar-refractivity contribution < 1.29 is 66.4 Å². The molecule has 7 N–H and O–H groups in total. The molecule has 0 unspecified atom stereocenters. The maximum atomic E-state index is 13.1. The van der Waals surface area contributed by atoms with Crippen LogP contribution >= 0.6 is 0 Å². The van der Waals surface area contributed by atoms with Crippen molar-refractivity contribution in [3.8, 4) is 5.75 Å². The Morgan fingerprint density at radius 2 is 1.37 bits per heavy atom. The molecule has 18 nitrogen and oxygen atoms in total. The van der Waals surface area contributed by atoms with Crippen LogP contribution in [0, 0.1) is 0 Å². The van der Waals surface area contributed by atoms with Crippen molar-refractivity contribution in [2.45, 2.75) is 192 Å². The summed E-state index contributed by atoms with van der Waals surface area (Å²) in [5, 5.41) is 35.9. The number of urea groups is 1. The van der Waals surface area contributed by atoms with Crippen LogP contribution in [0.15, 0.2) is 120 Å². The van der Waals surface area contributed by atoms with Gasteiger partial charge in [-0.15, -0.1) is 0 Å². The molecule has 0 spiro atoms. The first-order chi connectivity index (χ1) is 41.0. The minimum absolute atomic E-state index is 0.0155. The van der Waals surface area contributed by atoms with Gasteiger partial charge < -0.3 is 40.9 Å². The average molecular weight is 1210 g/mol. The van der Waals surface area contributed by atoms with E-state index in [4.69, 9.17) is 9.84 Å². The summed E-state index contributed by atoms with van der Waals surface area (Å²) in [6.45, 7) is 12.7. The van der Waals surface area contributed by atoms with E-state index in [1.807, 2.05) is 36.4 Å². The molecule has 2 atom stereocenters. The summed E-state index contributed by atoms with van der Waals surface area (Å²) in [5.41, 5.74) is 9.17. The Kier molecular flexibility index (Phi) is 25.5. The molecule has 3 aliphatic rings. The maximum Gasteiger partial charge on any atom is 0.326 e. The van der Waals surface area contributed by atoms with Gasteiger partial charge in [-0.1, -0.05) is 107 Å². The normalized spacial score (nSPS) is 16.9. The van der Waals surface area contributed by atoms with E-state index in [1.54, 1.807) is 0 Å². The number of nitrogens with zero attached hydrogens (tertiary/aromatic N) is 2. The van der Waals surface area contributed by atoms with E-state index in [0.29, 0.717) is 43.5 Å². The molecule has 3 aromatic rings. The lowest BCUT2D eigenvalue weighted by Crippen LogP contribution is -2.46. The number of para-hydroxylation sites is 2. The molecule has 1 aliphatic carbocycles. The number of fused-ring (bicyclic) bond motifs is 2. The number of anilines is 1. The highest BCUT2D eigenvalue weighted by Gasteiger charge is 2.44. The van der Waals surface area contributed by atoms with Crippen molar-refractivity contribution in [1.82, 2.24) is 16.0 Å². The van der Waals surface area contributed by atoms with Crippen LogP contribution in [-0.4, -0.2) is 112 Å². The Bertz CT molecular complexity index is 3160. The molecule has 0 saturated carbocycles. The van der Waals surface area contributed by atoms with Crippen molar-refractivity contribution in [2.75, 3.05) is 30.3 Å². The average Bonchev–Trinajstić information content (AvgIpc) is 1.80. The Morgan fingerprint density at radius 1 is 0.698 bits per heavy atom. The Hall–Kier alpha value is -7.38. The number of aliphatic carboxylic acids is 3. The van der Waals surface area contributed by atoms with Gasteiger partial charge in [0.15, 0.2) is 5.71 Å². The third-order valence-electron chi connectivity index (χ3n) is 16.5. The van der Waals surface area contributed by atoms with Gasteiger partial charge in [-0.2, -0.15) is 13.0 Å². The number of carbonyl (C=O) groups excluding carboxylic acids is 3. The third kappa shape index (κ3) is 19.8. The minimum Gasteiger partial charge on any atom is -0.481 e. The van der Waals surface area contributed by atoms with E-state index in [-0.39, 0.29) is 79.8 Å². The molecule has 2 aliphatic heterocycles. The van der Waals surface area contributed by atoms with Crippen molar-refractivity contribution in [1.29, 1.82) is 0 Å². The monoisotopic (exact) mass is 1200 g/mol. The predicted octanol–water partition coefficient (Wildman–Crippen LogP) is 11.8. The number of ketones is 1. The van der Waals surface area contributed by atoms with Crippen molar-refractivity contribution in [3.05, 3.63) is 136 Å². The topological polar surface area (TPSA) is 269 Å². The molecule has 0 aromatic heterocycles. The fourth-order valence-corrected chi connectivity index (χ4v) is 12.3. The van der Waals surface area contributed by atoms with E-state index in [0.717, 1.165) is 99.0 Å². The zero-order chi connectivity index (χ0) is 62.4. The number of hydrogen-bond acceptors (Lipinski definition) is 10. The first-order valence-corrected chi connectivity index (χ1v) is 32.3. The number of Topliss-reactive ketones (excluding diaryl/α,β-unsaturated/α-hetero) is 1. The number of hydrogen-bond donors (Lipinski definition) is 7. The highest BCUT2D eigenvalue weighted by atomic mass is 32.2. The number of carboxylic acid groups (broad SMARTS) is 3. The molecule has 0 fully saturated rings. The second-order valence-electron chi connectivity index (χ2n) is 23.9. The maximum absolute atomic E-state index is 13.1. The van der Waals surface area contributed by atoms with Crippen LogP contribution in [0.3, 0.4) is 0 Å². The van der Waals surface area contributed by atoms with Gasteiger partial charge >= 0.3 is 23.9 Å². The molecule has 3 aromatic carbocycles. The Labute approximate surface area is 507 Å². The second-order valence-corrected chi connectivity index (χ2v) is 25.4. The minimum atomic E-state index is -4.09. The van der Waals surface area contributed by atoms with Gasteiger partial charge in [-0.3, -0.25) is 18.9 Å². The fraction of sp³-hybridized carbons (Fsp3) is 0.507. The largest absolute Gasteiger partial charge is 0.481 e. The van der Waals surface area contributed by atoms with Crippen molar-refractivity contribution in [2.24, 2.45) is 0 Å². The lowest BCUT2D eigenvalue weighted by molar-refractivity contribution is -0.438. The molecule has 6 rings (SSSR count). The Morgan fingerprint density at radius 3 is 2.06 bits per heavy atom. The summed E-state index contributed by atoms with van der Waals surface area (Å²) >= 11 is 0. The van der Waals surface area contributed by atoms with Crippen LogP contribution in [0.1, 0.15) is 180 Å². The number of rotatable bonds is 36. The SMILES string of the molecule is CCCCC[N+]1=C(/C=C/C2=C(Oc3ccc(C[C@H](NC(=O)CCCCCCCCC(=O)CC[C@@H](NC(=O)NCCCC(=O)O)C(=O)O)C(=O)O)cc3)C(=C/C=C3/N(CCCCS(=O)(=O)O)c4ccccc4C3(C)C)/CCC2)C(C)(C)c2ccccc21. The van der Waals surface area contributed by atoms with Gasteiger partial charge in [0.1, 0.15) is 35.9 Å². The van der Waals surface area contributed by atoms with Crippen LogP contribution in [0.25, 0.3) is 0 Å². The first-order valence-electron chi connectivity index (χ1n) is 30.7. The highest BCUT2D eigenvalue weighted by molar-refractivity contribution is 7.85. The predicted molar refractivity (Wildman–Crippen MR) is 334 cm³/mol. The molecular weight excluding hydrogens is 1110 g/mol. The molecule has 466 valence electrons. The highest BCUT2D eigenvalue weighted by Crippen LogP contribution is 2.48. The van der Waals surface area contributed by atoms with E-state index in [2.05, 4.69) is 121 Å². The molecular formula is C67H90N5O13S+. The van der Waals surface area contributed by atoms with Crippen LogP contribution < -0.4 is 25.6 Å².